The molecule has 0 saturated carbocycles. The zero-order valence-electron chi connectivity index (χ0n) is 12.0. The first kappa shape index (κ1) is 15.5. The van der Waals surface area contributed by atoms with Crippen molar-refractivity contribution >= 4 is 5.91 Å². The lowest BCUT2D eigenvalue weighted by Crippen LogP contribution is -2.30. The van der Waals surface area contributed by atoms with Gasteiger partial charge >= 0.3 is 0 Å². The van der Waals surface area contributed by atoms with Crippen LogP contribution in [-0.2, 0) is 0 Å². The fourth-order valence-electron chi connectivity index (χ4n) is 1.66. The largest absolute Gasteiger partial charge is 0.491 e. The molecule has 1 aromatic carbocycles. The Kier molecular flexibility index (Phi) is 6.36. The Hall–Kier alpha value is -1.55. The van der Waals surface area contributed by atoms with Crippen molar-refractivity contribution in [3.8, 4) is 5.75 Å². The molecule has 1 unspecified atom stereocenters. The van der Waals surface area contributed by atoms with Gasteiger partial charge in [-0.25, -0.2) is 0 Å². The van der Waals surface area contributed by atoms with Crippen molar-refractivity contribution in [3.63, 3.8) is 0 Å². The molecule has 0 heterocycles. The normalized spacial score (nSPS) is 12.3. The smallest absolute Gasteiger partial charge is 0.251 e. The van der Waals surface area contributed by atoms with Crippen molar-refractivity contribution in [3.05, 3.63) is 29.8 Å². The van der Waals surface area contributed by atoms with Gasteiger partial charge in [-0.2, -0.15) is 0 Å². The maximum Gasteiger partial charge on any atom is 0.251 e. The van der Waals surface area contributed by atoms with E-state index in [1.807, 2.05) is 32.9 Å². The Labute approximate surface area is 115 Å². The van der Waals surface area contributed by atoms with Crippen LogP contribution in [0.2, 0.25) is 0 Å². The van der Waals surface area contributed by atoms with Crippen molar-refractivity contribution in [2.75, 3.05) is 6.54 Å². The van der Waals surface area contributed by atoms with Gasteiger partial charge < -0.3 is 15.8 Å². The lowest BCUT2D eigenvalue weighted by molar-refractivity contribution is 0.0951. The van der Waals surface area contributed by atoms with Crippen LogP contribution in [0.1, 0.15) is 44.0 Å². The molecule has 0 bridgehead atoms. The van der Waals surface area contributed by atoms with Gasteiger partial charge in [-0.05, 0) is 44.9 Å². The van der Waals surface area contributed by atoms with Crippen LogP contribution >= 0.6 is 0 Å². The molecule has 1 aromatic rings. The van der Waals surface area contributed by atoms with E-state index >= 15 is 0 Å². The van der Waals surface area contributed by atoms with Crippen LogP contribution in [0, 0.1) is 0 Å². The molecule has 0 aliphatic carbocycles. The Bertz CT molecular complexity index is 405. The molecule has 0 fully saturated rings. The van der Waals surface area contributed by atoms with E-state index in [2.05, 4.69) is 5.32 Å². The number of carbonyl (C=O) groups excluding carboxylic acids is 1. The van der Waals surface area contributed by atoms with E-state index in [1.54, 1.807) is 12.1 Å². The molecule has 4 heteroatoms. The summed E-state index contributed by atoms with van der Waals surface area (Å²) >= 11 is 0. The van der Waals surface area contributed by atoms with Gasteiger partial charge in [0.15, 0.2) is 0 Å². The molecular formula is C15H24N2O2. The number of ether oxygens (including phenoxy) is 1. The van der Waals surface area contributed by atoms with Crippen molar-refractivity contribution in [1.29, 1.82) is 0 Å². The van der Waals surface area contributed by atoms with E-state index in [9.17, 15) is 4.79 Å². The highest BCUT2D eigenvalue weighted by molar-refractivity contribution is 5.94. The van der Waals surface area contributed by atoms with E-state index in [-0.39, 0.29) is 18.1 Å². The van der Waals surface area contributed by atoms with Crippen molar-refractivity contribution in [2.24, 2.45) is 5.73 Å². The number of benzene rings is 1. The number of rotatable bonds is 7. The summed E-state index contributed by atoms with van der Waals surface area (Å²) in [6, 6.07) is 7.36. The second kappa shape index (κ2) is 7.79. The molecule has 0 spiro atoms. The van der Waals surface area contributed by atoms with Crippen LogP contribution in [0.3, 0.4) is 0 Å². The van der Waals surface area contributed by atoms with Crippen LogP contribution in [-0.4, -0.2) is 24.6 Å². The highest BCUT2D eigenvalue weighted by Gasteiger charge is 2.07. The number of nitrogens with two attached hydrogens (primary N) is 1. The summed E-state index contributed by atoms with van der Waals surface area (Å²) in [7, 11) is 0. The second-order valence-electron chi connectivity index (χ2n) is 4.91. The minimum atomic E-state index is -0.0856. The van der Waals surface area contributed by atoms with Crippen LogP contribution < -0.4 is 15.8 Å². The summed E-state index contributed by atoms with van der Waals surface area (Å²) in [6.07, 6.45) is 1.82. The first-order chi connectivity index (χ1) is 9.02. The standard InChI is InChI=1S/C15H24N2O2/c1-4-13(16)8-9-17-15(18)12-6-5-7-14(10-12)19-11(2)3/h5-7,10-11,13H,4,8-9,16H2,1-3H3,(H,17,18). The predicted molar refractivity (Wildman–Crippen MR) is 77.4 cm³/mol. The first-order valence-corrected chi connectivity index (χ1v) is 6.83. The number of carbonyl (C=O) groups is 1. The van der Waals surface area contributed by atoms with Gasteiger partial charge in [0.05, 0.1) is 6.10 Å². The lowest BCUT2D eigenvalue weighted by atomic mass is 10.1. The zero-order valence-corrected chi connectivity index (χ0v) is 12.0. The van der Waals surface area contributed by atoms with Crippen LogP contribution in [0.25, 0.3) is 0 Å². The van der Waals surface area contributed by atoms with Gasteiger partial charge in [0.1, 0.15) is 5.75 Å². The van der Waals surface area contributed by atoms with E-state index in [0.29, 0.717) is 17.9 Å². The van der Waals surface area contributed by atoms with Crippen molar-refractivity contribution in [2.45, 2.75) is 45.8 Å². The molecular weight excluding hydrogens is 240 g/mol. The number of hydrogen-bond donors (Lipinski definition) is 2. The van der Waals surface area contributed by atoms with Crippen LogP contribution in [0.5, 0.6) is 5.75 Å². The average Bonchev–Trinajstić information content (AvgIpc) is 2.37. The molecule has 4 nitrogen and oxygen atoms in total. The molecule has 0 saturated heterocycles. The van der Waals surface area contributed by atoms with Gasteiger partial charge in [0, 0.05) is 18.2 Å². The minimum Gasteiger partial charge on any atom is -0.491 e. The number of amides is 1. The summed E-state index contributed by atoms with van der Waals surface area (Å²) in [6.45, 7) is 6.56. The molecule has 106 valence electrons. The van der Waals surface area contributed by atoms with Crippen molar-refractivity contribution < 1.29 is 9.53 Å². The van der Waals surface area contributed by atoms with Gasteiger partial charge in [-0.15, -0.1) is 0 Å². The monoisotopic (exact) mass is 264 g/mol. The third-order valence-corrected chi connectivity index (χ3v) is 2.79. The van der Waals surface area contributed by atoms with E-state index in [0.717, 1.165) is 12.8 Å². The number of nitrogens with one attached hydrogen (secondary N) is 1. The lowest BCUT2D eigenvalue weighted by Gasteiger charge is -2.12. The molecule has 0 aliphatic rings. The quantitative estimate of drug-likeness (QED) is 0.794. The van der Waals surface area contributed by atoms with Crippen LogP contribution in [0.4, 0.5) is 0 Å². The van der Waals surface area contributed by atoms with Gasteiger partial charge in [0.2, 0.25) is 0 Å². The fourth-order valence-corrected chi connectivity index (χ4v) is 1.66. The van der Waals surface area contributed by atoms with E-state index in [4.69, 9.17) is 10.5 Å². The second-order valence-corrected chi connectivity index (χ2v) is 4.91. The van der Waals surface area contributed by atoms with Gasteiger partial charge in [-0.1, -0.05) is 13.0 Å². The molecule has 0 aromatic heterocycles. The summed E-state index contributed by atoms with van der Waals surface area (Å²) in [4.78, 5) is 11.9. The van der Waals surface area contributed by atoms with E-state index < -0.39 is 0 Å². The molecule has 0 aliphatic heterocycles. The highest BCUT2D eigenvalue weighted by atomic mass is 16.5. The third-order valence-electron chi connectivity index (χ3n) is 2.79. The van der Waals surface area contributed by atoms with Gasteiger partial charge in [-0.3, -0.25) is 4.79 Å². The first-order valence-electron chi connectivity index (χ1n) is 6.83. The zero-order chi connectivity index (χ0) is 14.3. The SMILES string of the molecule is CCC(N)CCNC(=O)c1cccc(OC(C)C)c1. The van der Waals surface area contributed by atoms with Crippen molar-refractivity contribution in [1.82, 2.24) is 5.32 Å². The molecule has 1 atom stereocenters. The topological polar surface area (TPSA) is 64.3 Å². The highest BCUT2D eigenvalue weighted by Crippen LogP contribution is 2.14. The van der Waals surface area contributed by atoms with E-state index in [1.165, 1.54) is 0 Å². The molecule has 1 rings (SSSR count). The number of hydrogen-bond acceptors (Lipinski definition) is 3. The maximum atomic E-state index is 11.9. The predicted octanol–water partition coefficient (Wildman–Crippen LogP) is 2.33. The maximum absolute atomic E-state index is 11.9. The van der Waals surface area contributed by atoms with Gasteiger partial charge in [0.25, 0.3) is 5.91 Å². The molecule has 0 radical (unpaired) electrons. The Morgan fingerprint density at radius 3 is 2.79 bits per heavy atom. The fraction of sp³-hybridized carbons (Fsp3) is 0.533. The summed E-state index contributed by atoms with van der Waals surface area (Å²) < 4.78 is 5.57. The minimum absolute atomic E-state index is 0.0856. The molecule has 19 heavy (non-hydrogen) atoms. The van der Waals surface area contributed by atoms with Crippen LogP contribution in [0.15, 0.2) is 24.3 Å². The summed E-state index contributed by atoms with van der Waals surface area (Å²) in [5, 5.41) is 2.87. The third kappa shape index (κ3) is 5.75. The molecule has 1 amide bonds. The summed E-state index contributed by atoms with van der Waals surface area (Å²) in [5.41, 5.74) is 6.42. The molecule has 3 N–H and O–H groups in total. The Morgan fingerprint density at radius 1 is 1.42 bits per heavy atom. The Morgan fingerprint density at radius 2 is 2.16 bits per heavy atom. The Balaban J connectivity index is 2.52. The average molecular weight is 264 g/mol. The summed E-state index contributed by atoms with van der Waals surface area (Å²) in [5.74, 6) is 0.630.